The van der Waals surface area contributed by atoms with Crippen molar-refractivity contribution >= 4 is 5.82 Å². The van der Waals surface area contributed by atoms with Crippen LogP contribution in [0.2, 0.25) is 0 Å². The van der Waals surface area contributed by atoms with Crippen LogP contribution < -0.4 is 5.73 Å². The van der Waals surface area contributed by atoms with E-state index in [1.165, 1.54) is 12.8 Å². The summed E-state index contributed by atoms with van der Waals surface area (Å²) in [4.78, 5) is 17.5. The van der Waals surface area contributed by atoms with Gasteiger partial charge in [-0.05, 0) is 38.2 Å². The molecule has 98 valence electrons. The summed E-state index contributed by atoms with van der Waals surface area (Å²) in [7, 11) is 0. The summed E-state index contributed by atoms with van der Waals surface area (Å²) >= 11 is 0. The van der Waals surface area contributed by atoms with E-state index in [0.717, 1.165) is 36.1 Å². The summed E-state index contributed by atoms with van der Waals surface area (Å²) in [6, 6.07) is 0. The fourth-order valence-electron chi connectivity index (χ4n) is 2.41. The van der Waals surface area contributed by atoms with Crippen LogP contribution in [0.3, 0.4) is 0 Å². The van der Waals surface area contributed by atoms with Gasteiger partial charge in [-0.3, -0.25) is 0 Å². The molecular formula is C14H17N5. The molecular weight excluding hydrogens is 238 g/mol. The first-order chi connectivity index (χ1) is 9.24. The van der Waals surface area contributed by atoms with Crippen molar-refractivity contribution in [2.75, 3.05) is 5.73 Å². The first-order valence-electron chi connectivity index (χ1n) is 6.68. The van der Waals surface area contributed by atoms with Crippen LogP contribution in [0, 0.1) is 6.92 Å². The molecule has 2 aromatic heterocycles. The Labute approximate surface area is 112 Å². The molecule has 19 heavy (non-hydrogen) atoms. The highest BCUT2D eigenvalue weighted by Crippen LogP contribution is 2.24. The van der Waals surface area contributed by atoms with E-state index in [9.17, 15) is 0 Å². The maximum atomic E-state index is 6.07. The highest BCUT2D eigenvalue weighted by Gasteiger charge is 2.16. The zero-order valence-electron chi connectivity index (χ0n) is 11.1. The predicted molar refractivity (Wildman–Crippen MR) is 73.5 cm³/mol. The van der Waals surface area contributed by atoms with E-state index in [-0.39, 0.29) is 0 Å². The summed E-state index contributed by atoms with van der Waals surface area (Å²) in [5, 5.41) is 0. The fraction of sp³-hybridized carbons (Fsp3) is 0.429. The van der Waals surface area contributed by atoms with Crippen LogP contribution in [0.1, 0.15) is 36.1 Å². The number of anilines is 1. The summed E-state index contributed by atoms with van der Waals surface area (Å²) in [5.74, 6) is 1.67. The molecule has 0 fully saturated rings. The molecule has 0 spiro atoms. The van der Waals surface area contributed by atoms with E-state index in [1.807, 2.05) is 6.92 Å². The molecule has 0 unspecified atom stereocenters. The maximum absolute atomic E-state index is 6.07. The topological polar surface area (TPSA) is 77.6 Å². The second-order valence-electron chi connectivity index (χ2n) is 5.00. The van der Waals surface area contributed by atoms with E-state index >= 15 is 0 Å². The number of aromatic nitrogens is 4. The van der Waals surface area contributed by atoms with Gasteiger partial charge in [0.25, 0.3) is 0 Å². The number of hydrogen-bond acceptors (Lipinski definition) is 5. The van der Waals surface area contributed by atoms with E-state index < -0.39 is 0 Å². The van der Waals surface area contributed by atoms with Crippen molar-refractivity contribution in [1.29, 1.82) is 0 Å². The average molecular weight is 255 g/mol. The fourth-order valence-corrected chi connectivity index (χ4v) is 2.41. The third-order valence-electron chi connectivity index (χ3n) is 3.45. The number of aryl methyl sites for hydroxylation is 2. The minimum absolute atomic E-state index is 0.540. The quantitative estimate of drug-likeness (QED) is 0.789. The zero-order chi connectivity index (χ0) is 13.2. The minimum Gasteiger partial charge on any atom is -0.383 e. The molecule has 0 aromatic carbocycles. The monoisotopic (exact) mass is 255 g/mol. The van der Waals surface area contributed by atoms with E-state index in [2.05, 4.69) is 19.9 Å². The Morgan fingerprint density at radius 1 is 0.947 bits per heavy atom. The van der Waals surface area contributed by atoms with Gasteiger partial charge in [-0.1, -0.05) is 6.42 Å². The number of nitrogens with two attached hydrogens (primary N) is 1. The van der Waals surface area contributed by atoms with Gasteiger partial charge in [-0.15, -0.1) is 0 Å². The standard InChI is InChI=1S/C14H17N5/c1-9-7-16-13(17-8-9)14-18-11-6-4-2-3-5-10(11)12(15)19-14/h7-8H,2-6H2,1H3,(H2,15,18,19). The van der Waals surface area contributed by atoms with Crippen LogP contribution in [-0.4, -0.2) is 19.9 Å². The molecule has 0 saturated carbocycles. The summed E-state index contributed by atoms with van der Waals surface area (Å²) in [6.45, 7) is 1.95. The lowest BCUT2D eigenvalue weighted by molar-refractivity contribution is 0.709. The van der Waals surface area contributed by atoms with Crippen molar-refractivity contribution in [1.82, 2.24) is 19.9 Å². The average Bonchev–Trinajstić information content (AvgIpc) is 2.65. The molecule has 0 radical (unpaired) electrons. The van der Waals surface area contributed by atoms with Crippen LogP contribution >= 0.6 is 0 Å². The summed E-state index contributed by atoms with van der Waals surface area (Å²) in [6.07, 6.45) is 9.06. The van der Waals surface area contributed by atoms with Gasteiger partial charge in [0.05, 0.1) is 0 Å². The number of hydrogen-bond donors (Lipinski definition) is 1. The molecule has 5 heteroatoms. The molecule has 5 nitrogen and oxygen atoms in total. The van der Waals surface area contributed by atoms with Gasteiger partial charge in [0, 0.05) is 23.7 Å². The van der Waals surface area contributed by atoms with Crippen molar-refractivity contribution in [3.63, 3.8) is 0 Å². The minimum atomic E-state index is 0.540. The number of nitrogens with zero attached hydrogens (tertiary/aromatic N) is 4. The Balaban J connectivity index is 2.06. The van der Waals surface area contributed by atoms with Gasteiger partial charge < -0.3 is 5.73 Å². The van der Waals surface area contributed by atoms with Crippen molar-refractivity contribution < 1.29 is 0 Å². The van der Waals surface area contributed by atoms with Crippen LogP contribution in [0.25, 0.3) is 11.6 Å². The molecule has 0 atom stereocenters. The Kier molecular flexibility index (Phi) is 3.11. The van der Waals surface area contributed by atoms with Crippen molar-refractivity contribution in [2.45, 2.75) is 39.0 Å². The lowest BCUT2D eigenvalue weighted by Crippen LogP contribution is -2.07. The molecule has 0 aliphatic heterocycles. The van der Waals surface area contributed by atoms with Gasteiger partial charge in [0.15, 0.2) is 11.6 Å². The van der Waals surface area contributed by atoms with Gasteiger partial charge >= 0.3 is 0 Å². The first kappa shape index (κ1) is 12.0. The molecule has 1 aliphatic carbocycles. The second kappa shape index (κ2) is 4.91. The Bertz CT molecular complexity index is 592. The first-order valence-corrected chi connectivity index (χ1v) is 6.68. The zero-order valence-corrected chi connectivity index (χ0v) is 11.1. The van der Waals surface area contributed by atoms with Crippen LogP contribution in [-0.2, 0) is 12.8 Å². The number of nitrogen functional groups attached to an aromatic ring is 1. The van der Waals surface area contributed by atoms with E-state index in [0.29, 0.717) is 17.5 Å². The smallest absolute Gasteiger partial charge is 0.199 e. The van der Waals surface area contributed by atoms with Gasteiger partial charge in [-0.2, -0.15) is 0 Å². The Morgan fingerprint density at radius 2 is 1.68 bits per heavy atom. The SMILES string of the molecule is Cc1cnc(-c2nc(N)c3c(n2)CCCCC3)nc1. The molecule has 2 heterocycles. The number of rotatable bonds is 1. The van der Waals surface area contributed by atoms with Gasteiger partial charge in [-0.25, -0.2) is 19.9 Å². The van der Waals surface area contributed by atoms with E-state index in [1.54, 1.807) is 12.4 Å². The molecule has 1 aliphatic rings. The summed E-state index contributed by atoms with van der Waals surface area (Å²) in [5.41, 5.74) is 9.28. The number of fused-ring (bicyclic) bond motifs is 1. The van der Waals surface area contributed by atoms with E-state index in [4.69, 9.17) is 5.73 Å². The molecule has 2 aromatic rings. The molecule has 0 amide bonds. The molecule has 2 N–H and O–H groups in total. The highest BCUT2D eigenvalue weighted by molar-refractivity contribution is 5.52. The normalized spacial score (nSPS) is 14.8. The molecule has 0 bridgehead atoms. The largest absolute Gasteiger partial charge is 0.383 e. The van der Waals surface area contributed by atoms with Crippen LogP contribution in [0.4, 0.5) is 5.82 Å². The lowest BCUT2D eigenvalue weighted by atomic mass is 10.1. The molecule has 0 saturated heterocycles. The molecule has 3 rings (SSSR count). The highest BCUT2D eigenvalue weighted by atomic mass is 15.0. The second-order valence-corrected chi connectivity index (χ2v) is 5.00. The summed E-state index contributed by atoms with van der Waals surface area (Å²) < 4.78 is 0. The van der Waals surface area contributed by atoms with Crippen molar-refractivity contribution in [2.24, 2.45) is 0 Å². The van der Waals surface area contributed by atoms with Gasteiger partial charge in [0.1, 0.15) is 5.82 Å². The lowest BCUT2D eigenvalue weighted by Gasteiger charge is -2.09. The Morgan fingerprint density at radius 3 is 2.47 bits per heavy atom. The maximum Gasteiger partial charge on any atom is 0.199 e. The third kappa shape index (κ3) is 2.41. The van der Waals surface area contributed by atoms with Crippen LogP contribution in [0.15, 0.2) is 12.4 Å². The Hall–Kier alpha value is -2.04. The van der Waals surface area contributed by atoms with Crippen LogP contribution in [0.5, 0.6) is 0 Å². The van der Waals surface area contributed by atoms with Crippen molar-refractivity contribution in [3.05, 3.63) is 29.2 Å². The predicted octanol–water partition coefficient (Wildman–Crippen LogP) is 2.09. The van der Waals surface area contributed by atoms with Crippen molar-refractivity contribution in [3.8, 4) is 11.6 Å². The third-order valence-corrected chi connectivity index (χ3v) is 3.45. The van der Waals surface area contributed by atoms with Gasteiger partial charge in [0.2, 0.25) is 0 Å².